The molecule has 0 aliphatic heterocycles. The summed E-state index contributed by atoms with van der Waals surface area (Å²) in [6.07, 6.45) is 3.91. The van der Waals surface area contributed by atoms with Gasteiger partial charge in [-0.1, -0.05) is 11.6 Å². The maximum atomic E-state index is 5.98. The van der Waals surface area contributed by atoms with E-state index in [2.05, 4.69) is 26.2 Å². The normalized spacial score (nSPS) is 11.2. The summed E-state index contributed by atoms with van der Waals surface area (Å²) < 4.78 is 2.92. The Labute approximate surface area is 108 Å². The van der Waals surface area contributed by atoms with Gasteiger partial charge in [-0.15, -0.1) is 0 Å². The first kappa shape index (κ1) is 11.9. The summed E-state index contributed by atoms with van der Waals surface area (Å²) in [5.74, 6) is 1.04. The number of nitrogens with zero attached hydrogens (tertiary/aromatic N) is 2. The van der Waals surface area contributed by atoms with Crippen LogP contribution in [-0.2, 0) is 6.42 Å². The van der Waals surface area contributed by atoms with E-state index < -0.39 is 0 Å². The summed E-state index contributed by atoms with van der Waals surface area (Å²) in [6.45, 7) is 0.993. The molecule has 0 aliphatic rings. The average Bonchev–Trinajstić information content (AvgIpc) is 2.56. The Bertz CT molecular complexity index is 495. The molecule has 16 heavy (non-hydrogen) atoms. The van der Waals surface area contributed by atoms with Crippen LogP contribution >= 0.6 is 27.5 Å². The Morgan fingerprint density at radius 2 is 2.31 bits per heavy atom. The maximum absolute atomic E-state index is 5.98. The van der Waals surface area contributed by atoms with Crippen LogP contribution in [0.1, 0.15) is 12.2 Å². The van der Waals surface area contributed by atoms with Crippen LogP contribution in [-0.4, -0.2) is 23.0 Å². The van der Waals surface area contributed by atoms with Crippen LogP contribution in [0.2, 0.25) is 5.02 Å². The summed E-state index contributed by atoms with van der Waals surface area (Å²) in [5.41, 5.74) is 1.06. The third kappa shape index (κ3) is 2.39. The Hall–Kier alpha value is -0.580. The molecule has 0 bridgehead atoms. The highest BCUT2D eigenvalue weighted by molar-refractivity contribution is 9.10. The molecule has 5 heteroatoms. The van der Waals surface area contributed by atoms with E-state index in [1.165, 1.54) is 0 Å². The van der Waals surface area contributed by atoms with Crippen LogP contribution in [0.3, 0.4) is 0 Å². The predicted molar refractivity (Wildman–Crippen MR) is 70.1 cm³/mol. The van der Waals surface area contributed by atoms with Gasteiger partial charge in [0.2, 0.25) is 0 Å². The molecule has 0 saturated heterocycles. The van der Waals surface area contributed by atoms with Crippen molar-refractivity contribution in [1.82, 2.24) is 14.7 Å². The fraction of sp³-hybridized carbons (Fsp3) is 0.364. The fourth-order valence-corrected chi connectivity index (χ4v) is 2.37. The zero-order chi connectivity index (χ0) is 11.5. The van der Waals surface area contributed by atoms with E-state index in [-0.39, 0.29) is 0 Å². The summed E-state index contributed by atoms with van der Waals surface area (Å²) in [5, 5.41) is 3.86. The van der Waals surface area contributed by atoms with E-state index in [4.69, 9.17) is 11.6 Å². The van der Waals surface area contributed by atoms with Crippen LogP contribution in [0.25, 0.3) is 5.52 Å². The molecule has 2 aromatic heterocycles. The molecule has 0 fully saturated rings. The number of aromatic nitrogens is 2. The number of aryl methyl sites for hydroxylation is 1. The summed E-state index contributed by atoms with van der Waals surface area (Å²) in [6, 6.07) is 3.85. The number of hydrogen-bond donors (Lipinski definition) is 1. The van der Waals surface area contributed by atoms with Crippen LogP contribution in [0.5, 0.6) is 0 Å². The molecule has 1 N–H and O–H groups in total. The van der Waals surface area contributed by atoms with Gasteiger partial charge in [-0.3, -0.25) is 0 Å². The molecule has 0 unspecified atom stereocenters. The smallest absolute Gasteiger partial charge is 0.132 e. The molecule has 0 radical (unpaired) electrons. The van der Waals surface area contributed by atoms with Gasteiger partial charge in [-0.2, -0.15) is 0 Å². The zero-order valence-corrected chi connectivity index (χ0v) is 11.3. The van der Waals surface area contributed by atoms with E-state index in [0.29, 0.717) is 0 Å². The van der Waals surface area contributed by atoms with Crippen LogP contribution in [0, 0.1) is 0 Å². The third-order valence-corrected chi connectivity index (χ3v) is 3.26. The van der Waals surface area contributed by atoms with Crippen molar-refractivity contribution in [3.05, 3.63) is 33.8 Å². The highest BCUT2D eigenvalue weighted by atomic mass is 79.9. The van der Waals surface area contributed by atoms with Gasteiger partial charge in [-0.25, -0.2) is 4.98 Å². The Morgan fingerprint density at radius 1 is 1.50 bits per heavy atom. The van der Waals surface area contributed by atoms with E-state index in [1.54, 1.807) is 0 Å². The van der Waals surface area contributed by atoms with Crippen molar-refractivity contribution >= 4 is 33.0 Å². The first-order valence-corrected chi connectivity index (χ1v) is 6.36. The molecule has 0 amide bonds. The topological polar surface area (TPSA) is 29.3 Å². The third-order valence-electron chi connectivity index (χ3n) is 2.46. The van der Waals surface area contributed by atoms with Crippen molar-refractivity contribution < 1.29 is 0 Å². The summed E-state index contributed by atoms with van der Waals surface area (Å²) in [4.78, 5) is 4.50. The second-order valence-electron chi connectivity index (χ2n) is 3.63. The Balaban J connectivity index is 2.33. The number of rotatable bonds is 4. The van der Waals surface area contributed by atoms with Gasteiger partial charge in [0.05, 0.1) is 10.5 Å². The Morgan fingerprint density at radius 3 is 3.06 bits per heavy atom. The summed E-state index contributed by atoms with van der Waals surface area (Å²) in [7, 11) is 1.95. The zero-order valence-electron chi connectivity index (χ0n) is 9.00. The molecule has 0 aliphatic carbocycles. The molecular formula is C11H13BrClN3. The lowest BCUT2D eigenvalue weighted by molar-refractivity contribution is 0.700. The van der Waals surface area contributed by atoms with Crippen LogP contribution < -0.4 is 5.32 Å². The predicted octanol–water partition coefficient (Wildman–Crippen LogP) is 2.90. The monoisotopic (exact) mass is 301 g/mol. The molecule has 2 aromatic rings. The molecule has 3 nitrogen and oxygen atoms in total. The molecule has 0 aromatic carbocycles. The fourth-order valence-electron chi connectivity index (χ4n) is 1.68. The highest BCUT2D eigenvalue weighted by Crippen LogP contribution is 2.22. The molecule has 86 valence electrons. The quantitative estimate of drug-likeness (QED) is 0.880. The number of halogens is 2. The Kier molecular flexibility index (Phi) is 3.84. The average molecular weight is 303 g/mol. The molecular weight excluding hydrogens is 289 g/mol. The van der Waals surface area contributed by atoms with Crippen molar-refractivity contribution in [3.8, 4) is 0 Å². The van der Waals surface area contributed by atoms with Gasteiger partial charge >= 0.3 is 0 Å². The minimum absolute atomic E-state index is 0.729. The van der Waals surface area contributed by atoms with E-state index >= 15 is 0 Å². The summed E-state index contributed by atoms with van der Waals surface area (Å²) >= 11 is 9.45. The van der Waals surface area contributed by atoms with Crippen molar-refractivity contribution in [2.75, 3.05) is 13.6 Å². The number of nitrogens with one attached hydrogen (secondary N) is 1. The van der Waals surface area contributed by atoms with Crippen molar-refractivity contribution in [1.29, 1.82) is 0 Å². The van der Waals surface area contributed by atoms with Gasteiger partial charge < -0.3 is 9.72 Å². The molecule has 0 saturated carbocycles. The second-order valence-corrected chi connectivity index (χ2v) is 4.82. The molecule has 2 rings (SSSR count). The first-order chi connectivity index (χ1) is 7.72. The van der Waals surface area contributed by atoms with Crippen molar-refractivity contribution in [2.45, 2.75) is 12.8 Å². The largest absolute Gasteiger partial charge is 0.320 e. The minimum atomic E-state index is 0.729. The van der Waals surface area contributed by atoms with E-state index in [1.807, 2.05) is 29.8 Å². The van der Waals surface area contributed by atoms with Gasteiger partial charge in [0, 0.05) is 12.6 Å². The van der Waals surface area contributed by atoms with Crippen LogP contribution in [0.15, 0.2) is 22.9 Å². The van der Waals surface area contributed by atoms with Gasteiger partial charge in [0.1, 0.15) is 10.4 Å². The van der Waals surface area contributed by atoms with E-state index in [0.717, 1.165) is 40.4 Å². The van der Waals surface area contributed by atoms with Crippen molar-refractivity contribution in [3.63, 3.8) is 0 Å². The number of fused-ring (bicyclic) bond motifs is 1. The molecule has 0 atom stereocenters. The lowest BCUT2D eigenvalue weighted by Gasteiger charge is -2.01. The van der Waals surface area contributed by atoms with Gasteiger partial charge in [0.15, 0.2) is 0 Å². The SMILES string of the molecule is CNCCCc1nc(Br)c2ccc(Cl)cn12. The first-order valence-electron chi connectivity index (χ1n) is 5.19. The van der Waals surface area contributed by atoms with E-state index in [9.17, 15) is 0 Å². The van der Waals surface area contributed by atoms with Crippen LogP contribution in [0.4, 0.5) is 0 Å². The highest BCUT2D eigenvalue weighted by Gasteiger charge is 2.08. The number of imidazole rings is 1. The van der Waals surface area contributed by atoms with Gasteiger partial charge in [-0.05, 0) is 48.1 Å². The molecule has 2 heterocycles. The second kappa shape index (κ2) is 5.17. The minimum Gasteiger partial charge on any atom is -0.320 e. The van der Waals surface area contributed by atoms with Gasteiger partial charge in [0.25, 0.3) is 0 Å². The molecule has 0 spiro atoms. The number of hydrogen-bond acceptors (Lipinski definition) is 2. The standard InChI is InChI=1S/C11H13BrClN3/c1-14-6-2-3-10-15-11(12)9-5-4-8(13)7-16(9)10/h4-5,7,14H,2-3,6H2,1H3. The lowest BCUT2D eigenvalue weighted by atomic mass is 10.3. The lowest BCUT2D eigenvalue weighted by Crippen LogP contribution is -2.09. The number of pyridine rings is 1. The maximum Gasteiger partial charge on any atom is 0.132 e. The van der Waals surface area contributed by atoms with Crippen molar-refractivity contribution in [2.24, 2.45) is 0 Å².